The molecule has 0 aromatic rings. The molecular formula is C28H44N2O2. The SMILES string of the molecule is C=C1CC2C(CC[C@]3(C)C(=O)C(C)CC23)[C@@]2(C)CCC(=NOCCN3CCCCC3)CC12. The molecule has 1 saturated heterocycles. The molecule has 1 aliphatic heterocycles. The molecule has 0 aromatic heterocycles. The zero-order valence-corrected chi connectivity index (χ0v) is 20.7. The molecule has 4 saturated carbocycles. The van der Waals surface area contributed by atoms with Crippen molar-refractivity contribution >= 4 is 11.5 Å². The number of likely N-dealkylation sites (tertiary alicyclic amines) is 1. The van der Waals surface area contributed by atoms with E-state index in [2.05, 4.69) is 37.4 Å². The van der Waals surface area contributed by atoms with Crippen molar-refractivity contribution in [3.8, 4) is 0 Å². The van der Waals surface area contributed by atoms with Gasteiger partial charge in [0.25, 0.3) is 0 Å². The highest BCUT2D eigenvalue weighted by molar-refractivity contribution is 5.89. The second-order valence-corrected chi connectivity index (χ2v) is 12.4. The van der Waals surface area contributed by atoms with Crippen LogP contribution in [0, 0.1) is 40.4 Å². The molecule has 0 bridgehead atoms. The van der Waals surface area contributed by atoms with Gasteiger partial charge in [0.05, 0.1) is 5.71 Å². The largest absolute Gasteiger partial charge is 0.394 e. The predicted octanol–water partition coefficient (Wildman–Crippen LogP) is 5.87. The molecule has 0 N–H and O–H groups in total. The van der Waals surface area contributed by atoms with Crippen LogP contribution in [-0.4, -0.2) is 42.6 Å². The molecule has 5 rings (SSSR count). The molecule has 4 aliphatic carbocycles. The van der Waals surface area contributed by atoms with Crippen LogP contribution in [0.5, 0.6) is 0 Å². The highest BCUT2D eigenvalue weighted by Crippen LogP contribution is 2.66. The van der Waals surface area contributed by atoms with Crippen LogP contribution in [-0.2, 0) is 9.63 Å². The molecule has 32 heavy (non-hydrogen) atoms. The summed E-state index contributed by atoms with van der Waals surface area (Å²) in [5.41, 5.74) is 2.90. The minimum Gasteiger partial charge on any atom is -0.394 e. The lowest BCUT2D eigenvalue weighted by molar-refractivity contribution is -0.136. The van der Waals surface area contributed by atoms with Crippen LogP contribution in [0.1, 0.15) is 85.0 Å². The Hall–Kier alpha value is -1.16. The Morgan fingerprint density at radius 1 is 1.12 bits per heavy atom. The number of rotatable bonds is 4. The molecule has 1 heterocycles. The number of carbonyl (C=O) groups excluding carboxylic acids is 1. The number of carbonyl (C=O) groups is 1. The van der Waals surface area contributed by atoms with Gasteiger partial charge in [0.1, 0.15) is 12.4 Å². The van der Waals surface area contributed by atoms with E-state index in [4.69, 9.17) is 4.84 Å². The number of nitrogens with zero attached hydrogens (tertiary/aromatic N) is 2. The Morgan fingerprint density at radius 3 is 2.69 bits per heavy atom. The maximum absolute atomic E-state index is 13.0. The second kappa shape index (κ2) is 8.56. The van der Waals surface area contributed by atoms with Gasteiger partial charge < -0.3 is 4.84 Å². The number of allylic oxidation sites excluding steroid dienone is 1. The molecule has 0 radical (unpaired) electrons. The monoisotopic (exact) mass is 440 g/mol. The summed E-state index contributed by atoms with van der Waals surface area (Å²) in [6.07, 6.45) is 11.8. The maximum atomic E-state index is 13.0. The summed E-state index contributed by atoms with van der Waals surface area (Å²) in [6.45, 7) is 15.7. The van der Waals surface area contributed by atoms with Crippen molar-refractivity contribution < 1.29 is 9.63 Å². The van der Waals surface area contributed by atoms with Crippen LogP contribution in [0.2, 0.25) is 0 Å². The van der Waals surface area contributed by atoms with Gasteiger partial charge in [0.2, 0.25) is 0 Å². The molecule has 4 heteroatoms. The van der Waals surface area contributed by atoms with Gasteiger partial charge in [0, 0.05) is 17.9 Å². The van der Waals surface area contributed by atoms with Crippen molar-refractivity contribution in [2.45, 2.75) is 85.0 Å². The van der Waals surface area contributed by atoms with Gasteiger partial charge >= 0.3 is 0 Å². The lowest BCUT2D eigenvalue weighted by atomic mass is 9.44. The topological polar surface area (TPSA) is 41.9 Å². The quantitative estimate of drug-likeness (QED) is 0.312. The molecule has 5 unspecified atom stereocenters. The van der Waals surface area contributed by atoms with Crippen molar-refractivity contribution in [3.05, 3.63) is 12.2 Å². The first-order valence-electron chi connectivity index (χ1n) is 13.4. The van der Waals surface area contributed by atoms with Crippen molar-refractivity contribution in [3.63, 3.8) is 0 Å². The fourth-order valence-corrected chi connectivity index (χ4v) is 8.73. The third-order valence-corrected chi connectivity index (χ3v) is 10.6. The first kappa shape index (κ1) is 22.6. The fraction of sp³-hybridized carbons (Fsp3) is 0.857. The minimum absolute atomic E-state index is 0.0759. The van der Waals surface area contributed by atoms with E-state index in [0.717, 1.165) is 44.6 Å². The summed E-state index contributed by atoms with van der Waals surface area (Å²) in [4.78, 5) is 21.3. The first-order chi connectivity index (χ1) is 15.3. The minimum atomic E-state index is -0.0759. The van der Waals surface area contributed by atoms with Gasteiger partial charge in [-0.3, -0.25) is 9.69 Å². The van der Waals surface area contributed by atoms with Crippen LogP contribution < -0.4 is 0 Å². The number of fused-ring (bicyclic) bond motifs is 5. The number of hydrogen-bond acceptors (Lipinski definition) is 4. The Bertz CT molecular complexity index is 784. The third-order valence-electron chi connectivity index (χ3n) is 10.6. The summed E-state index contributed by atoms with van der Waals surface area (Å²) in [7, 11) is 0. The lowest BCUT2D eigenvalue weighted by Crippen LogP contribution is -2.54. The Kier molecular flexibility index (Phi) is 6.05. The van der Waals surface area contributed by atoms with Gasteiger partial charge in [-0.1, -0.05) is 44.5 Å². The van der Waals surface area contributed by atoms with E-state index in [1.54, 1.807) is 0 Å². The van der Waals surface area contributed by atoms with E-state index in [-0.39, 0.29) is 11.3 Å². The Morgan fingerprint density at radius 2 is 1.91 bits per heavy atom. The number of ketones is 1. The van der Waals surface area contributed by atoms with Crippen molar-refractivity contribution in [1.82, 2.24) is 4.90 Å². The summed E-state index contributed by atoms with van der Waals surface area (Å²) in [5, 5.41) is 4.62. The summed E-state index contributed by atoms with van der Waals surface area (Å²) >= 11 is 0. The van der Waals surface area contributed by atoms with E-state index in [9.17, 15) is 4.79 Å². The average molecular weight is 441 g/mol. The van der Waals surface area contributed by atoms with E-state index < -0.39 is 0 Å². The molecule has 178 valence electrons. The van der Waals surface area contributed by atoms with Gasteiger partial charge in [-0.25, -0.2) is 0 Å². The Labute approximate surface area is 195 Å². The van der Waals surface area contributed by atoms with Crippen LogP contribution in [0.25, 0.3) is 0 Å². The smallest absolute Gasteiger partial charge is 0.141 e. The van der Waals surface area contributed by atoms with Gasteiger partial charge in [-0.15, -0.1) is 0 Å². The fourth-order valence-electron chi connectivity index (χ4n) is 8.73. The molecule has 5 fully saturated rings. The van der Waals surface area contributed by atoms with Crippen molar-refractivity contribution in [2.24, 2.45) is 45.6 Å². The number of Topliss-reactive ketones (excluding diaryl/α,β-unsaturated/α-hetero) is 1. The van der Waals surface area contributed by atoms with E-state index in [1.165, 1.54) is 56.5 Å². The van der Waals surface area contributed by atoms with Gasteiger partial charge in [0.15, 0.2) is 0 Å². The lowest BCUT2D eigenvalue weighted by Gasteiger charge is -2.60. The summed E-state index contributed by atoms with van der Waals surface area (Å²) < 4.78 is 0. The van der Waals surface area contributed by atoms with E-state index in [1.807, 2.05) is 0 Å². The second-order valence-electron chi connectivity index (χ2n) is 12.4. The van der Waals surface area contributed by atoms with Crippen LogP contribution in [0.3, 0.4) is 0 Å². The van der Waals surface area contributed by atoms with Gasteiger partial charge in [-0.2, -0.15) is 0 Å². The standard InChI is InChI=1S/C28H44N2O2/c1-19-16-22-23(9-11-28(4)25(22)17-20(2)26(28)31)27(3)10-8-21(18-24(19)27)29-32-15-14-30-12-6-5-7-13-30/h20,22-25H,1,5-18H2,2-4H3/t20?,22?,23?,24?,25?,27-,28+/m1/s1. The normalized spacial score (nSPS) is 46.0. The highest BCUT2D eigenvalue weighted by Gasteiger charge is 2.62. The molecule has 5 aliphatic rings. The van der Waals surface area contributed by atoms with Gasteiger partial charge in [-0.05, 0) is 100.0 Å². The molecule has 7 atom stereocenters. The van der Waals surface area contributed by atoms with E-state index >= 15 is 0 Å². The maximum Gasteiger partial charge on any atom is 0.141 e. The number of piperidine rings is 1. The molecule has 4 nitrogen and oxygen atoms in total. The molecule has 0 aromatic carbocycles. The van der Waals surface area contributed by atoms with Crippen LogP contribution in [0.15, 0.2) is 17.3 Å². The number of hydrogen-bond donors (Lipinski definition) is 0. The predicted molar refractivity (Wildman–Crippen MR) is 129 cm³/mol. The highest BCUT2D eigenvalue weighted by atomic mass is 16.6. The zero-order valence-electron chi connectivity index (χ0n) is 20.7. The van der Waals surface area contributed by atoms with Crippen molar-refractivity contribution in [1.29, 1.82) is 0 Å². The zero-order chi connectivity index (χ0) is 22.5. The molecule has 0 amide bonds. The summed E-state index contributed by atoms with van der Waals surface area (Å²) in [5.74, 6) is 3.26. The third kappa shape index (κ3) is 3.69. The summed E-state index contributed by atoms with van der Waals surface area (Å²) in [6, 6.07) is 0. The molecular weight excluding hydrogens is 396 g/mol. The van der Waals surface area contributed by atoms with E-state index in [0.29, 0.717) is 35.6 Å². The first-order valence-corrected chi connectivity index (χ1v) is 13.4. The number of oxime groups is 1. The van der Waals surface area contributed by atoms with Crippen molar-refractivity contribution in [2.75, 3.05) is 26.2 Å². The average Bonchev–Trinajstić information content (AvgIpc) is 3.02. The van der Waals surface area contributed by atoms with Crippen LogP contribution >= 0.6 is 0 Å². The molecule has 0 spiro atoms. The Balaban J connectivity index is 1.24. The van der Waals surface area contributed by atoms with Crippen LogP contribution in [0.4, 0.5) is 0 Å².